The highest BCUT2D eigenvalue weighted by molar-refractivity contribution is 7.89. The predicted molar refractivity (Wildman–Crippen MR) is 105 cm³/mol. The number of nitrogens with zero attached hydrogens (tertiary/aromatic N) is 3. The summed E-state index contributed by atoms with van der Waals surface area (Å²) in [5, 5.41) is 2.70. The topological polar surface area (TPSA) is 82.6 Å². The summed E-state index contributed by atoms with van der Waals surface area (Å²) in [4.78, 5) is 18.6. The summed E-state index contributed by atoms with van der Waals surface area (Å²) in [6.07, 6.45) is 1.73. The number of aromatic nitrogens is 1. The smallest absolute Gasteiger partial charge is 0.251 e. The van der Waals surface area contributed by atoms with Crippen LogP contribution in [0.1, 0.15) is 15.9 Å². The standard InChI is InChI=1S/C19H24N4O3S/c1-16-6-2-3-7-17(16)19(24)21-10-15-27(25,26)23-13-11-22(12-14-23)18-8-4-5-9-20-18/h2-9H,10-15H2,1H3,(H,21,24). The normalized spacial score (nSPS) is 15.5. The Balaban J connectivity index is 1.49. The summed E-state index contributed by atoms with van der Waals surface area (Å²) < 4.78 is 26.6. The first-order valence-corrected chi connectivity index (χ1v) is 10.6. The van der Waals surface area contributed by atoms with Gasteiger partial charge in [0, 0.05) is 44.5 Å². The minimum absolute atomic E-state index is 0.0932. The zero-order chi connectivity index (χ0) is 19.3. The van der Waals surface area contributed by atoms with Gasteiger partial charge in [0.25, 0.3) is 5.91 Å². The van der Waals surface area contributed by atoms with Crippen LogP contribution in [-0.4, -0.2) is 62.1 Å². The molecule has 1 aromatic heterocycles. The first-order valence-electron chi connectivity index (χ1n) is 8.95. The zero-order valence-electron chi connectivity index (χ0n) is 15.3. The number of aryl methyl sites for hydroxylation is 1. The van der Waals surface area contributed by atoms with Gasteiger partial charge in [-0.3, -0.25) is 4.79 Å². The second kappa shape index (κ2) is 8.49. The van der Waals surface area contributed by atoms with Crippen molar-refractivity contribution >= 4 is 21.7 Å². The molecule has 0 bridgehead atoms. The Kier molecular flexibility index (Phi) is 6.08. The molecule has 8 heteroatoms. The van der Waals surface area contributed by atoms with Gasteiger partial charge in [-0.1, -0.05) is 24.3 Å². The Morgan fingerprint density at radius 1 is 1.07 bits per heavy atom. The van der Waals surface area contributed by atoms with Crippen molar-refractivity contribution in [2.24, 2.45) is 0 Å². The van der Waals surface area contributed by atoms with Crippen molar-refractivity contribution < 1.29 is 13.2 Å². The highest BCUT2D eigenvalue weighted by Gasteiger charge is 2.27. The van der Waals surface area contributed by atoms with Crippen molar-refractivity contribution in [2.45, 2.75) is 6.92 Å². The van der Waals surface area contributed by atoms with Crippen LogP contribution in [0.4, 0.5) is 5.82 Å². The van der Waals surface area contributed by atoms with Crippen LogP contribution in [0.2, 0.25) is 0 Å². The molecule has 1 aromatic carbocycles. The van der Waals surface area contributed by atoms with Gasteiger partial charge >= 0.3 is 0 Å². The van der Waals surface area contributed by atoms with Crippen LogP contribution in [0.15, 0.2) is 48.7 Å². The van der Waals surface area contributed by atoms with Crippen LogP contribution in [0.5, 0.6) is 0 Å². The van der Waals surface area contributed by atoms with Crippen LogP contribution >= 0.6 is 0 Å². The van der Waals surface area contributed by atoms with E-state index in [0.717, 1.165) is 11.4 Å². The summed E-state index contributed by atoms with van der Waals surface area (Å²) >= 11 is 0. The van der Waals surface area contributed by atoms with E-state index in [1.165, 1.54) is 4.31 Å². The minimum atomic E-state index is -3.41. The summed E-state index contributed by atoms with van der Waals surface area (Å²) in [5.74, 6) is 0.511. The minimum Gasteiger partial charge on any atom is -0.354 e. The highest BCUT2D eigenvalue weighted by Crippen LogP contribution is 2.14. The predicted octanol–water partition coefficient (Wildman–Crippen LogP) is 1.27. The number of carbonyl (C=O) groups excluding carboxylic acids is 1. The van der Waals surface area contributed by atoms with Crippen LogP contribution < -0.4 is 10.2 Å². The molecule has 7 nitrogen and oxygen atoms in total. The molecule has 1 amide bonds. The fourth-order valence-corrected chi connectivity index (χ4v) is 4.42. The summed E-state index contributed by atoms with van der Waals surface area (Å²) in [6, 6.07) is 12.9. The molecule has 0 saturated carbocycles. The maximum absolute atomic E-state index is 12.6. The number of carbonyl (C=O) groups is 1. The number of benzene rings is 1. The number of anilines is 1. The van der Waals surface area contributed by atoms with Crippen LogP contribution in [0.3, 0.4) is 0 Å². The van der Waals surface area contributed by atoms with Gasteiger partial charge in [0.1, 0.15) is 5.82 Å². The molecule has 1 saturated heterocycles. The molecular formula is C19H24N4O3S. The fraction of sp³-hybridized carbons (Fsp3) is 0.368. The van der Waals surface area contributed by atoms with E-state index in [-0.39, 0.29) is 18.2 Å². The number of nitrogens with one attached hydrogen (secondary N) is 1. The molecule has 2 heterocycles. The Bertz CT molecular complexity index is 879. The number of pyridine rings is 1. The van der Waals surface area contributed by atoms with Crippen LogP contribution in [0.25, 0.3) is 0 Å². The van der Waals surface area contributed by atoms with E-state index >= 15 is 0 Å². The molecule has 27 heavy (non-hydrogen) atoms. The van der Waals surface area contributed by atoms with Crippen molar-refractivity contribution in [1.29, 1.82) is 0 Å². The zero-order valence-corrected chi connectivity index (χ0v) is 16.2. The van der Waals surface area contributed by atoms with Crippen molar-refractivity contribution in [3.05, 3.63) is 59.8 Å². The van der Waals surface area contributed by atoms with Crippen molar-refractivity contribution in [2.75, 3.05) is 43.4 Å². The van der Waals surface area contributed by atoms with E-state index in [0.29, 0.717) is 31.7 Å². The molecular weight excluding hydrogens is 364 g/mol. The van der Waals surface area contributed by atoms with Gasteiger partial charge in [-0.25, -0.2) is 13.4 Å². The molecule has 2 aromatic rings. The number of piperazine rings is 1. The lowest BCUT2D eigenvalue weighted by Crippen LogP contribution is -2.50. The van der Waals surface area contributed by atoms with Gasteiger partial charge in [-0.15, -0.1) is 0 Å². The Labute approximate surface area is 160 Å². The van der Waals surface area contributed by atoms with Crippen LogP contribution in [-0.2, 0) is 10.0 Å². The van der Waals surface area contributed by atoms with E-state index in [1.807, 2.05) is 37.3 Å². The third-order valence-electron chi connectivity index (χ3n) is 4.64. The van der Waals surface area contributed by atoms with Crippen molar-refractivity contribution in [3.63, 3.8) is 0 Å². The molecule has 3 rings (SSSR count). The lowest BCUT2D eigenvalue weighted by molar-refractivity contribution is 0.0955. The Morgan fingerprint density at radius 3 is 2.44 bits per heavy atom. The van der Waals surface area contributed by atoms with Crippen molar-refractivity contribution in [1.82, 2.24) is 14.6 Å². The second-order valence-corrected chi connectivity index (χ2v) is 8.55. The first-order chi connectivity index (χ1) is 13.0. The Morgan fingerprint density at radius 2 is 1.78 bits per heavy atom. The summed E-state index contributed by atoms with van der Waals surface area (Å²) in [7, 11) is -3.41. The second-order valence-electron chi connectivity index (χ2n) is 6.46. The number of sulfonamides is 1. The lowest BCUT2D eigenvalue weighted by atomic mass is 10.1. The third-order valence-corrected chi connectivity index (χ3v) is 6.51. The molecule has 1 aliphatic heterocycles. The number of hydrogen-bond donors (Lipinski definition) is 1. The number of rotatable bonds is 6. The molecule has 1 N–H and O–H groups in total. The SMILES string of the molecule is Cc1ccccc1C(=O)NCCS(=O)(=O)N1CCN(c2ccccn2)CC1. The maximum atomic E-state index is 12.6. The molecule has 0 radical (unpaired) electrons. The van der Waals surface area contributed by atoms with Gasteiger partial charge in [-0.05, 0) is 30.7 Å². The summed E-state index contributed by atoms with van der Waals surface area (Å²) in [5.41, 5.74) is 1.43. The van der Waals surface area contributed by atoms with Gasteiger partial charge < -0.3 is 10.2 Å². The van der Waals surface area contributed by atoms with Crippen LogP contribution in [0, 0.1) is 6.92 Å². The largest absolute Gasteiger partial charge is 0.354 e. The van der Waals surface area contributed by atoms with E-state index in [2.05, 4.69) is 15.2 Å². The first kappa shape index (κ1) is 19.3. The van der Waals surface area contributed by atoms with E-state index in [1.54, 1.807) is 18.3 Å². The maximum Gasteiger partial charge on any atom is 0.251 e. The monoisotopic (exact) mass is 388 g/mol. The molecule has 0 atom stereocenters. The fourth-order valence-electron chi connectivity index (χ4n) is 3.08. The molecule has 0 spiro atoms. The number of hydrogen-bond acceptors (Lipinski definition) is 5. The third kappa shape index (κ3) is 4.84. The van der Waals surface area contributed by atoms with Gasteiger partial charge in [0.05, 0.1) is 5.75 Å². The molecule has 1 aliphatic rings. The summed E-state index contributed by atoms with van der Waals surface area (Å²) in [6.45, 7) is 4.00. The van der Waals surface area contributed by atoms with E-state index < -0.39 is 10.0 Å². The molecule has 1 fully saturated rings. The van der Waals surface area contributed by atoms with Gasteiger partial charge in [0.15, 0.2) is 0 Å². The van der Waals surface area contributed by atoms with E-state index in [9.17, 15) is 13.2 Å². The number of amides is 1. The van der Waals surface area contributed by atoms with Crippen molar-refractivity contribution in [3.8, 4) is 0 Å². The van der Waals surface area contributed by atoms with Gasteiger partial charge in [0.2, 0.25) is 10.0 Å². The molecule has 0 aliphatic carbocycles. The molecule has 144 valence electrons. The lowest BCUT2D eigenvalue weighted by Gasteiger charge is -2.34. The quantitative estimate of drug-likeness (QED) is 0.806. The average Bonchev–Trinajstić information content (AvgIpc) is 2.69. The van der Waals surface area contributed by atoms with Gasteiger partial charge in [-0.2, -0.15) is 4.31 Å². The molecule has 0 unspecified atom stereocenters. The van der Waals surface area contributed by atoms with E-state index in [4.69, 9.17) is 0 Å². The highest BCUT2D eigenvalue weighted by atomic mass is 32.2. The Hall–Kier alpha value is -2.45. The average molecular weight is 388 g/mol.